The van der Waals surface area contributed by atoms with E-state index in [1.54, 1.807) is 19.9 Å². The number of hydrogen-bond acceptors (Lipinski definition) is 10. The van der Waals surface area contributed by atoms with E-state index in [1.807, 2.05) is 13.0 Å². The third kappa shape index (κ3) is 3.89. The fourth-order valence-electron chi connectivity index (χ4n) is 2.93. The van der Waals surface area contributed by atoms with Crippen LogP contribution in [-0.2, 0) is 10.0 Å². The molecule has 4 aromatic rings. The molecule has 0 saturated heterocycles. The summed E-state index contributed by atoms with van der Waals surface area (Å²) in [4.78, 5) is 17.5. The van der Waals surface area contributed by atoms with Gasteiger partial charge < -0.3 is 8.94 Å². The van der Waals surface area contributed by atoms with Crippen LogP contribution in [0.5, 0.6) is 0 Å². The molecule has 4 aromatic heterocycles. The quantitative estimate of drug-likeness (QED) is 0.469. The molecule has 156 valence electrons. The van der Waals surface area contributed by atoms with E-state index in [-0.39, 0.29) is 21.5 Å². The second-order valence-electron chi connectivity index (χ2n) is 6.57. The molecule has 0 atom stereocenters. The molecule has 0 aliphatic carbocycles. The molecule has 4 heterocycles. The van der Waals surface area contributed by atoms with Crippen molar-refractivity contribution in [2.45, 2.75) is 20.8 Å². The highest BCUT2D eigenvalue weighted by molar-refractivity contribution is 7.92. The van der Waals surface area contributed by atoms with Crippen molar-refractivity contribution < 1.29 is 22.2 Å². The van der Waals surface area contributed by atoms with Crippen LogP contribution in [0.3, 0.4) is 0 Å². The smallest absolute Gasteiger partial charge is 0.259 e. The van der Waals surface area contributed by atoms with Gasteiger partial charge >= 0.3 is 0 Å². The standard InChI is InChI=1S/C17H16N6O5S2/c1-7-5-10(9(3)27-7)12-6-11(13-8(2)22-28-15(13)18-12)14(24)19-16-20-21-17(29-16)23-30(4,25)26/h5-6H,1-4H3,(H,21,23)(H,19,20,24). The van der Waals surface area contributed by atoms with Crippen LogP contribution < -0.4 is 10.0 Å². The van der Waals surface area contributed by atoms with E-state index in [1.165, 1.54) is 0 Å². The fourth-order valence-corrected chi connectivity index (χ4v) is 4.40. The van der Waals surface area contributed by atoms with Crippen LogP contribution in [0.2, 0.25) is 0 Å². The van der Waals surface area contributed by atoms with Gasteiger partial charge in [-0.1, -0.05) is 16.5 Å². The van der Waals surface area contributed by atoms with Gasteiger partial charge in [-0.25, -0.2) is 13.4 Å². The second kappa shape index (κ2) is 7.18. The maximum absolute atomic E-state index is 13.0. The number of amides is 1. The first-order valence-electron chi connectivity index (χ1n) is 8.58. The summed E-state index contributed by atoms with van der Waals surface area (Å²) < 4.78 is 35.7. The minimum absolute atomic E-state index is 0.0408. The lowest BCUT2D eigenvalue weighted by Gasteiger charge is -2.06. The fraction of sp³-hybridized carbons (Fsp3) is 0.235. The summed E-state index contributed by atoms with van der Waals surface area (Å²) in [5.41, 5.74) is 2.22. The van der Waals surface area contributed by atoms with Crippen LogP contribution in [0.15, 0.2) is 21.1 Å². The molecule has 2 N–H and O–H groups in total. The SMILES string of the molecule is Cc1cc(-c2cc(C(=O)Nc3nnc(NS(C)(=O)=O)s3)c3c(C)noc3n2)c(C)o1. The molecule has 11 nitrogen and oxygen atoms in total. The van der Waals surface area contributed by atoms with Crippen LogP contribution >= 0.6 is 11.3 Å². The summed E-state index contributed by atoms with van der Waals surface area (Å²) in [6, 6.07) is 3.44. The maximum atomic E-state index is 13.0. The highest BCUT2D eigenvalue weighted by Gasteiger charge is 2.22. The summed E-state index contributed by atoms with van der Waals surface area (Å²) in [5.74, 6) is 0.876. The Kier molecular flexibility index (Phi) is 4.78. The van der Waals surface area contributed by atoms with E-state index < -0.39 is 15.9 Å². The minimum atomic E-state index is -3.50. The first-order chi connectivity index (χ1) is 14.1. The third-order valence-corrected chi connectivity index (χ3v) is 5.54. The topological polar surface area (TPSA) is 153 Å². The summed E-state index contributed by atoms with van der Waals surface area (Å²) in [7, 11) is -3.50. The molecule has 0 saturated carbocycles. The number of anilines is 2. The minimum Gasteiger partial charge on any atom is -0.466 e. The Bertz CT molecular complexity index is 1390. The molecular formula is C17H16N6O5S2. The second-order valence-corrected chi connectivity index (χ2v) is 9.30. The van der Waals surface area contributed by atoms with Gasteiger partial charge in [0.05, 0.1) is 28.6 Å². The molecule has 13 heteroatoms. The number of rotatable bonds is 5. The molecule has 0 unspecified atom stereocenters. The molecule has 0 radical (unpaired) electrons. The lowest BCUT2D eigenvalue weighted by molar-refractivity contribution is 0.102. The average molecular weight is 448 g/mol. The zero-order chi connectivity index (χ0) is 21.6. The summed E-state index contributed by atoms with van der Waals surface area (Å²) in [5, 5.41) is 14.7. The van der Waals surface area contributed by atoms with Crippen molar-refractivity contribution >= 4 is 48.6 Å². The van der Waals surface area contributed by atoms with Gasteiger partial charge in [0.2, 0.25) is 20.3 Å². The van der Waals surface area contributed by atoms with Gasteiger partial charge in [0.25, 0.3) is 11.6 Å². The molecule has 0 aliphatic heterocycles. The van der Waals surface area contributed by atoms with Crippen molar-refractivity contribution in [2.75, 3.05) is 16.3 Å². The number of fused-ring (bicyclic) bond motifs is 1. The van der Waals surface area contributed by atoms with E-state index in [0.717, 1.165) is 23.2 Å². The number of nitrogens with zero attached hydrogens (tertiary/aromatic N) is 4. The molecule has 0 fully saturated rings. The summed E-state index contributed by atoms with van der Waals surface area (Å²) in [6.45, 7) is 5.33. The Labute approximate surface area is 174 Å². The Morgan fingerprint density at radius 2 is 1.87 bits per heavy atom. The number of sulfonamides is 1. The van der Waals surface area contributed by atoms with Crippen LogP contribution in [0.4, 0.5) is 10.3 Å². The normalized spacial score (nSPS) is 11.7. The first kappa shape index (κ1) is 20.0. The molecule has 30 heavy (non-hydrogen) atoms. The number of aryl methyl sites for hydroxylation is 3. The average Bonchev–Trinajstić information content (AvgIpc) is 3.32. The van der Waals surface area contributed by atoms with Gasteiger partial charge in [-0.15, -0.1) is 10.2 Å². The van der Waals surface area contributed by atoms with E-state index in [2.05, 4.69) is 30.4 Å². The predicted molar refractivity (Wildman–Crippen MR) is 110 cm³/mol. The largest absolute Gasteiger partial charge is 0.466 e. The van der Waals surface area contributed by atoms with Crippen LogP contribution in [-0.4, -0.2) is 40.9 Å². The zero-order valence-corrected chi connectivity index (χ0v) is 17.9. The highest BCUT2D eigenvalue weighted by Crippen LogP contribution is 2.31. The Morgan fingerprint density at radius 3 is 2.53 bits per heavy atom. The van der Waals surface area contributed by atoms with Crippen molar-refractivity contribution in [3.8, 4) is 11.3 Å². The predicted octanol–water partition coefficient (Wildman–Crippen LogP) is 2.88. The van der Waals surface area contributed by atoms with Crippen molar-refractivity contribution in [1.29, 1.82) is 0 Å². The molecular weight excluding hydrogens is 432 g/mol. The van der Waals surface area contributed by atoms with Gasteiger partial charge in [0, 0.05) is 5.56 Å². The lowest BCUT2D eigenvalue weighted by Crippen LogP contribution is -2.13. The van der Waals surface area contributed by atoms with Crippen molar-refractivity contribution in [3.05, 3.63) is 34.9 Å². The summed E-state index contributed by atoms with van der Waals surface area (Å²) in [6.07, 6.45) is 0.996. The van der Waals surface area contributed by atoms with Crippen LogP contribution in [0, 0.1) is 20.8 Å². The Hall–Kier alpha value is -3.32. The molecule has 0 aliphatic rings. The van der Waals surface area contributed by atoms with Gasteiger partial charge in [0.1, 0.15) is 11.5 Å². The number of nitrogens with one attached hydrogen (secondary N) is 2. The highest BCUT2D eigenvalue weighted by atomic mass is 32.2. The van der Waals surface area contributed by atoms with Gasteiger partial charge in [-0.05, 0) is 32.9 Å². The van der Waals surface area contributed by atoms with E-state index in [0.29, 0.717) is 28.3 Å². The molecule has 1 amide bonds. The number of aromatic nitrogens is 4. The number of carbonyl (C=O) groups excluding carboxylic acids is 1. The third-order valence-electron chi connectivity index (χ3n) is 4.10. The summed E-state index contributed by atoms with van der Waals surface area (Å²) >= 11 is 0.887. The van der Waals surface area contributed by atoms with E-state index in [4.69, 9.17) is 8.94 Å². The molecule has 0 bridgehead atoms. The number of hydrogen-bond donors (Lipinski definition) is 2. The lowest BCUT2D eigenvalue weighted by atomic mass is 10.1. The molecule has 0 spiro atoms. The number of carbonyl (C=O) groups is 1. The van der Waals surface area contributed by atoms with E-state index >= 15 is 0 Å². The van der Waals surface area contributed by atoms with Crippen molar-refractivity contribution in [1.82, 2.24) is 20.3 Å². The van der Waals surface area contributed by atoms with Crippen molar-refractivity contribution in [3.63, 3.8) is 0 Å². The zero-order valence-electron chi connectivity index (χ0n) is 16.3. The Balaban J connectivity index is 1.73. The van der Waals surface area contributed by atoms with Gasteiger partial charge in [-0.3, -0.25) is 14.8 Å². The first-order valence-corrected chi connectivity index (χ1v) is 11.3. The Morgan fingerprint density at radius 1 is 1.13 bits per heavy atom. The monoisotopic (exact) mass is 448 g/mol. The van der Waals surface area contributed by atoms with Crippen LogP contribution in [0.1, 0.15) is 27.6 Å². The molecule has 0 aromatic carbocycles. The number of pyridine rings is 1. The molecule has 4 rings (SSSR count). The van der Waals surface area contributed by atoms with Gasteiger partial charge in [0.15, 0.2) is 0 Å². The van der Waals surface area contributed by atoms with Crippen LogP contribution in [0.25, 0.3) is 22.4 Å². The van der Waals surface area contributed by atoms with Crippen molar-refractivity contribution in [2.24, 2.45) is 0 Å². The van der Waals surface area contributed by atoms with E-state index in [9.17, 15) is 13.2 Å². The number of furan rings is 1. The maximum Gasteiger partial charge on any atom is 0.259 e. The van der Waals surface area contributed by atoms with Gasteiger partial charge in [-0.2, -0.15) is 0 Å².